The summed E-state index contributed by atoms with van der Waals surface area (Å²) in [6.45, 7) is 7.04. The monoisotopic (exact) mass is 554 g/mol. The molecular weight excluding hydrogens is 516 g/mol. The summed E-state index contributed by atoms with van der Waals surface area (Å²) in [4.78, 5) is 71.4. The molecule has 0 saturated carbocycles. The van der Waals surface area contributed by atoms with Crippen LogP contribution in [0.25, 0.3) is 0 Å². The minimum absolute atomic E-state index is 0. The lowest BCUT2D eigenvalue weighted by Gasteiger charge is -2.07. The molecule has 2 aromatic heterocycles. The van der Waals surface area contributed by atoms with Crippen LogP contribution in [0.3, 0.4) is 0 Å². The second-order valence-electron chi connectivity index (χ2n) is 6.22. The fourth-order valence-electron chi connectivity index (χ4n) is 2.07. The molecule has 0 aliphatic carbocycles. The number of rotatable bonds is 5. The van der Waals surface area contributed by atoms with Gasteiger partial charge in [0, 0.05) is 14.1 Å². The number of hydrogen-bond donors (Lipinski definition) is 3. The Balaban J connectivity index is -0.000000244. The second kappa shape index (κ2) is 21.1. The van der Waals surface area contributed by atoms with Crippen molar-refractivity contribution in [3.63, 3.8) is 0 Å². The molecule has 0 radical (unpaired) electrons. The predicted octanol–water partition coefficient (Wildman–Crippen LogP) is 0.981. The second-order valence-corrected chi connectivity index (χ2v) is 6.22. The lowest BCUT2D eigenvalue weighted by atomic mass is 10.3. The summed E-state index contributed by atoms with van der Waals surface area (Å²) in [6, 6.07) is 0. The largest absolute Gasteiger partial charge is 0.489 e. The quantitative estimate of drug-likeness (QED) is 0.354. The summed E-state index contributed by atoms with van der Waals surface area (Å²) in [5, 5.41) is 8.64. The molecule has 0 spiro atoms. The Bertz CT molecular complexity index is 1400. The lowest BCUT2D eigenvalue weighted by molar-refractivity contribution is 0.0513. The summed E-state index contributed by atoms with van der Waals surface area (Å²) >= 11 is 0. The number of nitrogens with one attached hydrogen (secondary N) is 2. The molecule has 0 unspecified atom stereocenters. The number of aromatic carboxylic acids is 1. The van der Waals surface area contributed by atoms with Crippen LogP contribution in [0.15, 0.2) is 19.2 Å². The van der Waals surface area contributed by atoms with Gasteiger partial charge in [-0.3, -0.25) is 28.7 Å². The molecule has 218 valence electrons. The summed E-state index contributed by atoms with van der Waals surface area (Å²) in [5.41, 5.74) is -3.77. The fraction of sp³-hybridized carbons (Fsp3) is 0.440. The highest BCUT2D eigenvalue weighted by Crippen LogP contribution is 2.08. The number of carboxylic acids is 1. The van der Waals surface area contributed by atoms with E-state index >= 15 is 0 Å². The molecule has 2 heterocycles. The third kappa shape index (κ3) is 12.2. The number of carbonyl (C=O) groups excluding carboxylic acids is 1. The van der Waals surface area contributed by atoms with Crippen molar-refractivity contribution in [2.45, 2.75) is 42.5 Å². The Hall–Kier alpha value is -4.98. The van der Waals surface area contributed by atoms with Gasteiger partial charge in [-0.25, -0.2) is 19.2 Å². The third-order valence-electron chi connectivity index (χ3n) is 3.88. The van der Waals surface area contributed by atoms with E-state index < -0.39 is 40.1 Å². The van der Waals surface area contributed by atoms with Crippen molar-refractivity contribution in [2.75, 3.05) is 20.8 Å². The molecule has 3 N–H and O–H groups in total. The maximum Gasteiger partial charge on any atom is 0.359 e. The van der Waals surface area contributed by atoms with Crippen LogP contribution in [-0.4, -0.2) is 57.0 Å². The van der Waals surface area contributed by atoms with Gasteiger partial charge in [0.2, 0.25) is 11.5 Å². The molecule has 0 saturated heterocycles. The van der Waals surface area contributed by atoms with Crippen LogP contribution in [0.1, 0.15) is 63.5 Å². The van der Waals surface area contributed by atoms with Gasteiger partial charge in [0.25, 0.3) is 11.1 Å². The molecule has 0 aliphatic heterocycles. The molecule has 39 heavy (non-hydrogen) atoms. The van der Waals surface area contributed by atoms with Crippen molar-refractivity contribution in [3.8, 4) is 35.7 Å². The van der Waals surface area contributed by atoms with E-state index in [9.17, 15) is 28.8 Å². The van der Waals surface area contributed by atoms with Gasteiger partial charge in [0.1, 0.15) is 0 Å². The molecule has 0 aromatic carbocycles. The molecule has 2 rings (SSSR count). The number of hydrogen-bond acceptors (Lipinski definition) is 9. The zero-order chi connectivity index (χ0) is 29.3. The third-order valence-corrected chi connectivity index (χ3v) is 3.88. The van der Waals surface area contributed by atoms with Crippen molar-refractivity contribution < 1.29 is 28.9 Å². The molecule has 0 fully saturated rings. The van der Waals surface area contributed by atoms with E-state index in [1.54, 1.807) is 13.8 Å². The minimum Gasteiger partial charge on any atom is -0.489 e. The van der Waals surface area contributed by atoms with E-state index in [2.05, 4.69) is 38.6 Å². The number of carboxylic acid groups (broad SMARTS) is 1. The first-order valence-electron chi connectivity index (χ1n) is 10.2. The van der Waals surface area contributed by atoms with Gasteiger partial charge in [-0.2, -0.15) is 0 Å². The summed E-state index contributed by atoms with van der Waals surface area (Å²) in [7, 11) is 4.88. The van der Waals surface area contributed by atoms with Crippen LogP contribution in [0.4, 0.5) is 0 Å². The molecule has 14 heteroatoms. The fourth-order valence-corrected chi connectivity index (χ4v) is 2.07. The first-order chi connectivity index (χ1) is 17.3. The van der Waals surface area contributed by atoms with Gasteiger partial charge >= 0.3 is 23.3 Å². The Labute approximate surface area is 226 Å². The standard InChI is InChI=1S/C9H12N2O5.C7H8N2O5.C4H6.C3H4.2CH4/c1-4-16-8(13)5-6(15-3)7(12)11(2)9(14)10-5;1-9-5(10)4(14-2)3(6(11)12)8-7(9)13;1-3-4-2;1-3-2;;/h4H2,1-3H3,(H,10,14);1-2H3,(H,8,13)(H,11,12);1-2H3;1H,2H3;2*1H4. The number of aromatic nitrogens is 4. The van der Waals surface area contributed by atoms with Gasteiger partial charge in [0.15, 0.2) is 11.4 Å². The molecule has 0 aliphatic rings. The summed E-state index contributed by atoms with van der Waals surface area (Å²) < 4.78 is 15.6. The highest BCUT2D eigenvalue weighted by atomic mass is 16.5. The van der Waals surface area contributed by atoms with Crippen molar-refractivity contribution in [1.29, 1.82) is 0 Å². The number of aromatic amines is 2. The molecule has 0 atom stereocenters. The van der Waals surface area contributed by atoms with Crippen molar-refractivity contribution in [2.24, 2.45) is 14.1 Å². The number of H-pyrrole nitrogens is 2. The Morgan fingerprint density at radius 2 is 1.18 bits per heavy atom. The van der Waals surface area contributed by atoms with E-state index in [0.29, 0.717) is 0 Å². The molecular formula is C25H38N4O10. The number of esters is 1. The normalized spacial score (nSPS) is 8.18. The van der Waals surface area contributed by atoms with Crippen molar-refractivity contribution in [1.82, 2.24) is 19.1 Å². The summed E-state index contributed by atoms with van der Waals surface area (Å²) in [6.07, 6.45) is 4.60. The Morgan fingerprint density at radius 3 is 1.46 bits per heavy atom. The summed E-state index contributed by atoms with van der Waals surface area (Å²) in [5.74, 6) is 4.77. The number of carbonyl (C=O) groups is 2. The van der Waals surface area contributed by atoms with Gasteiger partial charge in [-0.1, -0.05) is 14.9 Å². The maximum atomic E-state index is 11.6. The average molecular weight is 555 g/mol. The van der Waals surface area contributed by atoms with Crippen LogP contribution in [0.5, 0.6) is 11.5 Å². The van der Waals surface area contributed by atoms with E-state index in [1.807, 2.05) is 18.8 Å². The van der Waals surface area contributed by atoms with E-state index in [-0.39, 0.29) is 38.7 Å². The van der Waals surface area contributed by atoms with Gasteiger partial charge < -0.3 is 19.3 Å². The maximum absolute atomic E-state index is 11.6. The Morgan fingerprint density at radius 1 is 0.846 bits per heavy atom. The molecule has 0 bridgehead atoms. The lowest BCUT2D eigenvalue weighted by Crippen LogP contribution is -2.35. The predicted molar refractivity (Wildman–Crippen MR) is 148 cm³/mol. The number of terminal acetylenes is 1. The molecule has 14 nitrogen and oxygen atoms in total. The van der Waals surface area contributed by atoms with E-state index in [0.717, 1.165) is 16.2 Å². The zero-order valence-corrected chi connectivity index (χ0v) is 21.8. The van der Waals surface area contributed by atoms with Crippen LogP contribution >= 0.6 is 0 Å². The topological polar surface area (TPSA) is 192 Å². The van der Waals surface area contributed by atoms with Gasteiger partial charge in [0.05, 0.1) is 20.8 Å². The van der Waals surface area contributed by atoms with Crippen LogP contribution in [-0.2, 0) is 18.8 Å². The first kappa shape index (κ1) is 41.2. The molecule has 0 amide bonds. The highest BCUT2D eigenvalue weighted by Gasteiger charge is 2.20. The van der Waals surface area contributed by atoms with Gasteiger partial charge in [-0.05, 0) is 27.7 Å². The van der Waals surface area contributed by atoms with Crippen LogP contribution in [0.2, 0.25) is 0 Å². The average Bonchev–Trinajstić information content (AvgIpc) is 2.86. The smallest absolute Gasteiger partial charge is 0.359 e. The van der Waals surface area contributed by atoms with E-state index in [1.165, 1.54) is 21.2 Å². The number of methoxy groups -OCH3 is 2. The van der Waals surface area contributed by atoms with Crippen molar-refractivity contribution >= 4 is 11.9 Å². The van der Waals surface area contributed by atoms with Crippen molar-refractivity contribution in [3.05, 3.63) is 53.1 Å². The number of ether oxygens (including phenoxy) is 3. The van der Waals surface area contributed by atoms with Gasteiger partial charge in [-0.15, -0.1) is 24.2 Å². The van der Waals surface area contributed by atoms with Crippen LogP contribution < -0.4 is 32.0 Å². The zero-order valence-electron chi connectivity index (χ0n) is 21.8. The highest BCUT2D eigenvalue weighted by molar-refractivity contribution is 5.90. The Kier molecular flexibility index (Phi) is 22.3. The number of nitrogens with zero attached hydrogens (tertiary/aromatic N) is 2. The molecule has 2 aromatic rings. The first-order valence-corrected chi connectivity index (χ1v) is 10.2. The minimum atomic E-state index is -1.42. The van der Waals surface area contributed by atoms with E-state index in [4.69, 9.17) is 9.84 Å². The SMILES string of the molecule is C.C.C#CC.CC#CC.CCOC(=O)c1[nH]c(=O)n(C)c(=O)c1OC.COc1c(C(=O)O)[nH]c(=O)n(C)c1=O. The van der Waals surface area contributed by atoms with Crippen LogP contribution in [0, 0.1) is 24.2 Å².